The summed E-state index contributed by atoms with van der Waals surface area (Å²) in [6, 6.07) is 12.5. The fourth-order valence-electron chi connectivity index (χ4n) is 1.90. The molecule has 112 valence electrons. The quantitative estimate of drug-likeness (QED) is 0.851. The first-order valence-electron chi connectivity index (χ1n) is 6.45. The minimum absolute atomic E-state index is 0.232. The van der Waals surface area contributed by atoms with E-state index >= 15 is 0 Å². The van der Waals surface area contributed by atoms with Crippen LogP contribution in [0.1, 0.15) is 11.1 Å². The van der Waals surface area contributed by atoms with Crippen molar-refractivity contribution in [1.29, 1.82) is 0 Å². The average Bonchev–Trinajstić information content (AvgIpc) is 2.43. The molecule has 21 heavy (non-hydrogen) atoms. The summed E-state index contributed by atoms with van der Waals surface area (Å²) in [6.07, 6.45) is 0. The van der Waals surface area contributed by atoms with Gasteiger partial charge in [-0.2, -0.15) is 0 Å². The van der Waals surface area contributed by atoms with E-state index in [4.69, 9.17) is 0 Å². The highest BCUT2D eigenvalue weighted by atomic mass is 79.9. The number of rotatable bonds is 5. The summed E-state index contributed by atoms with van der Waals surface area (Å²) < 4.78 is 28.1. The zero-order valence-electron chi connectivity index (χ0n) is 11.9. The molecule has 2 aromatic carbocycles. The predicted octanol–water partition coefficient (Wildman–Crippen LogP) is 3.28. The molecule has 0 spiro atoms. The number of halogens is 1. The van der Waals surface area contributed by atoms with Crippen LogP contribution in [0.2, 0.25) is 0 Å². The van der Waals surface area contributed by atoms with E-state index in [1.165, 1.54) is 0 Å². The van der Waals surface area contributed by atoms with Gasteiger partial charge >= 0.3 is 0 Å². The Labute approximate surface area is 133 Å². The third kappa shape index (κ3) is 4.06. The van der Waals surface area contributed by atoms with Crippen LogP contribution in [0, 0.1) is 6.92 Å². The molecular weight excluding hydrogens is 352 g/mol. The number of hydrogen-bond acceptors (Lipinski definition) is 3. The first-order valence-corrected chi connectivity index (χ1v) is 8.72. The Balaban J connectivity index is 2.34. The second kappa shape index (κ2) is 6.60. The van der Waals surface area contributed by atoms with E-state index in [0.717, 1.165) is 11.1 Å². The molecule has 0 fully saturated rings. The van der Waals surface area contributed by atoms with Crippen molar-refractivity contribution in [2.45, 2.75) is 18.4 Å². The number of benzene rings is 2. The Bertz CT molecular complexity index is 728. The maximum Gasteiger partial charge on any atom is 0.263 e. The third-order valence-electron chi connectivity index (χ3n) is 2.97. The minimum Gasteiger partial charge on any atom is -0.316 e. The number of nitrogens with one attached hydrogen (secondary N) is 2. The molecule has 0 aromatic heterocycles. The van der Waals surface area contributed by atoms with Gasteiger partial charge in [-0.05, 0) is 59.7 Å². The van der Waals surface area contributed by atoms with Crippen LogP contribution in [-0.4, -0.2) is 15.5 Å². The SMILES string of the molecule is CNCc1ccc(Br)c(S(=O)(=O)Nc2ccc(C)cc2)c1. The Morgan fingerprint density at radius 2 is 1.76 bits per heavy atom. The molecule has 0 aliphatic heterocycles. The number of sulfonamides is 1. The lowest BCUT2D eigenvalue weighted by Gasteiger charge is -2.11. The van der Waals surface area contributed by atoms with Crippen LogP contribution in [0.4, 0.5) is 5.69 Å². The van der Waals surface area contributed by atoms with E-state index < -0.39 is 10.0 Å². The van der Waals surface area contributed by atoms with Crippen molar-refractivity contribution in [2.24, 2.45) is 0 Å². The molecule has 4 nitrogen and oxygen atoms in total. The molecule has 0 atom stereocenters. The van der Waals surface area contributed by atoms with Crippen molar-refractivity contribution in [3.8, 4) is 0 Å². The highest BCUT2D eigenvalue weighted by Gasteiger charge is 2.18. The second-order valence-electron chi connectivity index (χ2n) is 4.77. The van der Waals surface area contributed by atoms with Crippen LogP contribution in [0.15, 0.2) is 51.8 Å². The van der Waals surface area contributed by atoms with Gasteiger partial charge in [0.1, 0.15) is 4.90 Å². The van der Waals surface area contributed by atoms with E-state index in [2.05, 4.69) is 26.0 Å². The molecule has 0 heterocycles. The fourth-order valence-corrected chi connectivity index (χ4v) is 3.97. The highest BCUT2D eigenvalue weighted by molar-refractivity contribution is 9.10. The summed E-state index contributed by atoms with van der Waals surface area (Å²) in [5, 5.41) is 3.01. The molecule has 2 aromatic rings. The summed E-state index contributed by atoms with van der Waals surface area (Å²) >= 11 is 3.30. The van der Waals surface area contributed by atoms with Crippen LogP contribution in [0.5, 0.6) is 0 Å². The molecule has 0 aliphatic rings. The van der Waals surface area contributed by atoms with E-state index in [0.29, 0.717) is 16.7 Å². The third-order valence-corrected chi connectivity index (χ3v) is 5.34. The van der Waals surface area contributed by atoms with Crippen LogP contribution in [0.3, 0.4) is 0 Å². The summed E-state index contributed by atoms with van der Waals surface area (Å²) in [5.41, 5.74) is 2.53. The first kappa shape index (κ1) is 16.0. The predicted molar refractivity (Wildman–Crippen MR) is 88.9 cm³/mol. The van der Waals surface area contributed by atoms with Gasteiger partial charge in [-0.15, -0.1) is 0 Å². The molecule has 6 heteroatoms. The second-order valence-corrected chi connectivity index (χ2v) is 7.27. The molecule has 2 rings (SSSR count). The highest BCUT2D eigenvalue weighted by Crippen LogP contribution is 2.25. The van der Waals surface area contributed by atoms with Gasteiger partial charge in [0, 0.05) is 16.7 Å². The molecular formula is C15H17BrN2O2S. The van der Waals surface area contributed by atoms with Gasteiger partial charge in [0.15, 0.2) is 0 Å². The Morgan fingerprint density at radius 3 is 2.38 bits per heavy atom. The minimum atomic E-state index is -3.62. The number of hydrogen-bond donors (Lipinski definition) is 2. The first-order chi connectivity index (χ1) is 9.92. The fraction of sp³-hybridized carbons (Fsp3) is 0.200. The van der Waals surface area contributed by atoms with Gasteiger partial charge in [-0.3, -0.25) is 4.72 Å². The van der Waals surface area contributed by atoms with E-state index in [1.54, 1.807) is 24.3 Å². The van der Waals surface area contributed by atoms with Crippen molar-refractivity contribution < 1.29 is 8.42 Å². The van der Waals surface area contributed by atoms with E-state index in [1.807, 2.05) is 32.2 Å². The molecule has 2 N–H and O–H groups in total. The maximum absolute atomic E-state index is 12.5. The Kier molecular flexibility index (Phi) is 5.03. The van der Waals surface area contributed by atoms with Gasteiger partial charge in [0.05, 0.1) is 0 Å². The molecule has 0 unspecified atom stereocenters. The molecule has 0 aliphatic carbocycles. The topological polar surface area (TPSA) is 58.2 Å². The van der Waals surface area contributed by atoms with E-state index in [-0.39, 0.29) is 4.90 Å². The van der Waals surface area contributed by atoms with Crippen LogP contribution >= 0.6 is 15.9 Å². The van der Waals surface area contributed by atoms with E-state index in [9.17, 15) is 8.42 Å². The maximum atomic E-state index is 12.5. The van der Waals surface area contributed by atoms with Crippen molar-refractivity contribution in [3.05, 3.63) is 58.1 Å². The van der Waals surface area contributed by atoms with Gasteiger partial charge in [0.2, 0.25) is 0 Å². The van der Waals surface area contributed by atoms with Crippen molar-refractivity contribution in [2.75, 3.05) is 11.8 Å². The van der Waals surface area contributed by atoms with Gasteiger partial charge in [0.25, 0.3) is 10.0 Å². The smallest absolute Gasteiger partial charge is 0.263 e. The van der Waals surface area contributed by atoms with Gasteiger partial charge in [-0.25, -0.2) is 8.42 Å². The summed E-state index contributed by atoms with van der Waals surface area (Å²) in [4.78, 5) is 0.232. The molecule has 0 bridgehead atoms. The zero-order valence-corrected chi connectivity index (χ0v) is 14.3. The lowest BCUT2D eigenvalue weighted by molar-refractivity contribution is 0.600. The Hall–Kier alpha value is -1.37. The number of aryl methyl sites for hydroxylation is 1. The monoisotopic (exact) mass is 368 g/mol. The average molecular weight is 369 g/mol. The van der Waals surface area contributed by atoms with Crippen molar-refractivity contribution in [1.82, 2.24) is 5.32 Å². The summed E-state index contributed by atoms with van der Waals surface area (Å²) in [6.45, 7) is 2.57. The van der Waals surface area contributed by atoms with Gasteiger partial charge in [-0.1, -0.05) is 23.8 Å². The lowest BCUT2D eigenvalue weighted by Crippen LogP contribution is -2.14. The normalized spacial score (nSPS) is 11.4. The van der Waals surface area contributed by atoms with Crippen molar-refractivity contribution in [3.63, 3.8) is 0 Å². The molecule has 0 amide bonds. The lowest BCUT2D eigenvalue weighted by atomic mass is 10.2. The molecule has 0 saturated carbocycles. The van der Waals surface area contributed by atoms with Crippen molar-refractivity contribution >= 4 is 31.6 Å². The van der Waals surface area contributed by atoms with Gasteiger partial charge < -0.3 is 5.32 Å². The standard InChI is InChI=1S/C15H17BrN2O2S/c1-11-3-6-13(7-4-11)18-21(19,20)15-9-12(10-17-2)5-8-14(15)16/h3-9,17-18H,10H2,1-2H3. The van der Waals surface area contributed by atoms with Crippen LogP contribution in [0.25, 0.3) is 0 Å². The van der Waals surface area contributed by atoms with Crippen LogP contribution < -0.4 is 10.0 Å². The summed E-state index contributed by atoms with van der Waals surface area (Å²) in [7, 11) is -1.80. The summed E-state index contributed by atoms with van der Waals surface area (Å²) in [5.74, 6) is 0. The zero-order chi connectivity index (χ0) is 15.5. The largest absolute Gasteiger partial charge is 0.316 e. The number of anilines is 1. The van der Waals surface area contributed by atoms with Crippen LogP contribution in [-0.2, 0) is 16.6 Å². The molecule has 0 radical (unpaired) electrons. The molecule has 0 saturated heterocycles. The Morgan fingerprint density at radius 1 is 1.10 bits per heavy atom.